The second kappa shape index (κ2) is 12.6. The monoisotopic (exact) mass is 628 g/mol. The summed E-state index contributed by atoms with van der Waals surface area (Å²) in [6.45, 7) is 12.7. The molecule has 0 bridgehead atoms. The van der Waals surface area contributed by atoms with Crippen LogP contribution in [0.3, 0.4) is 0 Å². The van der Waals surface area contributed by atoms with E-state index >= 15 is 0 Å². The van der Waals surface area contributed by atoms with Crippen LogP contribution in [0.1, 0.15) is 127 Å². The third-order valence-electron chi connectivity index (χ3n) is 9.03. The van der Waals surface area contributed by atoms with Crippen molar-refractivity contribution in [3.05, 3.63) is 65.6 Å². The van der Waals surface area contributed by atoms with Gasteiger partial charge in [-0.2, -0.15) is 0 Å². The molecule has 46 heavy (non-hydrogen) atoms. The zero-order chi connectivity index (χ0) is 32.6. The molecule has 4 heterocycles. The molecule has 1 aliphatic carbocycles. The number of amides is 2. The molecule has 1 aromatic carbocycles. The summed E-state index contributed by atoms with van der Waals surface area (Å²) in [5.74, 6) is 2.10. The Kier molecular flexibility index (Phi) is 8.74. The Morgan fingerprint density at radius 3 is 1.78 bits per heavy atom. The maximum Gasteiger partial charge on any atom is 0.410 e. The van der Waals surface area contributed by atoms with Gasteiger partial charge in [-0.3, -0.25) is 9.80 Å². The minimum atomic E-state index is -0.527. The molecule has 2 aliphatic heterocycles. The van der Waals surface area contributed by atoms with Crippen molar-refractivity contribution in [2.24, 2.45) is 0 Å². The lowest BCUT2D eigenvalue weighted by Crippen LogP contribution is -2.36. The van der Waals surface area contributed by atoms with Gasteiger partial charge in [0, 0.05) is 13.1 Å². The van der Waals surface area contributed by atoms with E-state index in [9.17, 15) is 9.59 Å². The number of ether oxygens (including phenoxy) is 2. The lowest BCUT2D eigenvalue weighted by molar-refractivity contribution is 0.0208. The number of aromatic nitrogens is 4. The number of benzene rings is 1. The number of hydrogen-bond acceptors (Lipinski definition) is 6. The van der Waals surface area contributed by atoms with Crippen molar-refractivity contribution >= 4 is 17.8 Å². The standard InChI is InChI=1S/C36H48N6O4/c1-35(2,3)45-33(43)41-19-7-9-29(41)31-37-21-27(39-31)25-15-11-23(12-16-25)24-13-17-26(18-14-24)28-22-38-32(40-28)30-10-8-20-42(30)34(44)46-36(4,5)6/h11-12,15-17,21-22,24,29-30H,7-10,13-14,18-20H2,1-6H3,(H,37,39)(H,38,40)/t24?,29-,30-/m0/s1. The first-order valence-electron chi connectivity index (χ1n) is 16.7. The summed E-state index contributed by atoms with van der Waals surface area (Å²) >= 11 is 0. The van der Waals surface area contributed by atoms with Crippen molar-refractivity contribution in [1.29, 1.82) is 0 Å². The molecule has 3 atom stereocenters. The predicted molar refractivity (Wildman–Crippen MR) is 177 cm³/mol. The van der Waals surface area contributed by atoms with Gasteiger partial charge in [-0.15, -0.1) is 0 Å². The molecule has 0 saturated carbocycles. The third-order valence-corrected chi connectivity index (χ3v) is 9.03. The van der Waals surface area contributed by atoms with E-state index < -0.39 is 11.2 Å². The summed E-state index contributed by atoms with van der Waals surface area (Å²) in [5.41, 5.74) is 4.64. The number of H-pyrrole nitrogens is 2. The molecule has 2 fully saturated rings. The summed E-state index contributed by atoms with van der Waals surface area (Å²) in [6, 6.07) is 8.59. The van der Waals surface area contributed by atoms with Crippen molar-refractivity contribution in [2.75, 3.05) is 13.1 Å². The van der Waals surface area contributed by atoms with Gasteiger partial charge in [-0.25, -0.2) is 19.6 Å². The van der Waals surface area contributed by atoms with Crippen molar-refractivity contribution < 1.29 is 19.1 Å². The van der Waals surface area contributed by atoms with Gasteiger partial charge in [0.25, 0.3) is 0 Å². The van der Waals surface area contributed by atoms with Gasteiger partial charge in [-0.1, -0.05) is 30.3 Å². The SMILES string of the molecule is CC(C)(C)OC(=O)N1CCC[C@H]1c1ncc(C2=CCC(c3ccc(-c4cnc([C@@H]5CCCN5C(=O)OC(C)(C)C)[nH]4)cc3)CC2)[nH]1. The Morgan fingerprint density at radius 1 is 0.761 bits per heavy atom. The number of hydrogen-bond donors (Lipinski definition) is 2. The molecule has 2 N–H and O–H groups in total. The summed E-state index contributed by atoms with van der Waals surface area (Å²) in [4.78, 5) is 45.5. The highest BCUT2D eigenvalue weighted by Gasteiger charge is 2.36. The molecule has 6 rings (SSSR count). The van der Waals surface area contributed by atoms with E-state index in [1.54, 1.807) is 9.80 Å². The smallest absolute Gasteiger partial charge is 0.410 e. The fraction of sp³-hybridized carbons (Fsp3) is 0.556. The van der Waals surface area contributed by atoms with E-state index in [1.807, 2.05) is 53.9 Å². The van der Waals surface area contributed by atoms with Crippen LogP contribution >= 0.6 is 0 Å². The second-order valence-corrected chi connectivity index (χ2v) is 14.9. The van der Waals surface area contributed by atoms with Crippen LogP contribution in [0.25, 0.3) is 16.8 Å². The van der Waals surface area contributed by atoms with Gasteiger partial charge in [-0.05, 0) is 109 Å². The highest BCUT2D eigenvalue weighted by Crippen LogP contribution is 2.38. The molecule has 10 heteroatoms. The summed E-state index contributed by atoms with van der Waals surface area (Å²) in [7, 11) is 0. The molecule has 10 nitrogen and oxygen atoms in total. The number of nitrogens with zero attached hydrogens (tertiary/aromatic N) is 4. The van der Waals surface area contributed by atoms with Gasteiger partial charge in [0.2, 0.25) is 0 Å². The minimum absolute atomic E-state index is 0.0768. The molecular weight excluding hydrogens is 580 g/mol. The van der Waals surface area contributed by atoms with Crippen molar-refractivity contribution in [3.63, 3.8) is 0 Å². The van der Waals surface area contributed by atoms with Crippen LogP contribution in [-0.4, -0.2) is 66.2 Å². The van der Waals surface area contributed by atoms with Crippen LogP contribution in [0.5, 0.6) is 0 Å². The highest BCUT2D eigenvalue weighted by atomic mass is 16.6. The number of nitrogens with one attached hydrogen (secondary N) is 2. The van der Waals surface area contributed by atoms with Crippen molar-refractivity contribution in [1.82, 2.24) is 29.7 Å². The van der Waals surface area contributed by atoms with E-state index in [0.717, 1.165) is 73.5 Å². The predicted octanol–water partition coefficient (Wildman–Crippen LogP) is 8.29. The number of carbonyl (C=O) groups excluding carboxylic acids is 2. The molecule has 2 aromatic heterocycles. The number of aromatic amines is 2. The molecule has 2 amide bonds. The third kappa shape index (κ3) is 7.16. The number of carbonyl (C=O) groups is 2. The normalized spacial score (nSPS) is 22.2. The Balaban J connectivity index is 1.07. The van der Waals surface area contributed by atoms with Crippen LogP contribution in [0.4, 0.5) is 9.59 Å². The molecular formula is C36H48N6O4. The molecule has 1 unspecified atom stereocenters. The fourth-order valence-electron chi connectivity index (χ4n) is 6.82. The molecule has 3 aliphatic rings. The lowest BCUT2D eigenvalue weighted by Gasteiger charge is -2.27. The summed E-state index contributed by atoms with van der Waals surface area (Å²) in [6.07, 6.45) is 12.2. The largest absolute Gasteiger partial charge is 0.444 e. The average Bonchev–Trinajstić information content (AvgIpc) is 3.82. The van der Waals surface area contributed by atoms with Gasteiger partial charge >= 0.3 is 12.2 Å². The summed E-state index contributed by atoms with van der Waals surface area (Å²) < 4.78 is 11.3. The number of imidazole rings is 2. The summed E-state index contributed by atoms with van der Waals surface area (Å²) in [5, 5.41) is 0. The minimum Gasteiger partial charge on any atom is -0.444 e. The zero-order valence-electron chi connectivity index (χ0n) is 28.1. The number of likely N-dealkylation sites (tertiary alicyclic amines) is 2. The molecule has 2 saturated heterocycles. The first-order valence-corrected chi connectivity index (χ1v) is 16.7. The number of allylic oxidation sites excluding steroid dienone is 2. The fourth-order valence-corrected chi connectivity index (χ4v) is 6.82. The maximum atomic E-state index is 12.8. The Hall–Kier alpha value is -4.08. The number of rotatable bonds is 5. The van der Waals surface area contributed by atoms with E-state index in [0.29, 0.717) is 19.0 Å². The van der Waals surface area contributed by atoms with E-state index in [2.05, 4.69) is 45.3 Å². The van der Waals surface area contributed by atoms with Crippen LogP contribution in [0, 0.1) is 0 Å². The van der Waals surface area contributed by atoms with Crippen LogP contribution in [-0.2, 0) is 9.47 Å². The molecule has 0 radical (unpaired) electrons. The van der Waals surface area contributed by atoms with Gasteiger partial charge in [0.05, 0.1) is 35.9 Å². The van der Waals surface area contributed by atoms with Gasteiger partial charge in [0.1, 0.15) is 22.9 Å². The first-order chi connectivity index (χ1) is 21.8. The second-order valence-electron chi connectivity index (χ2n) is 14.9. The topological polar surface area (TPSA) is 116 Å². The molecule has 246 valence electrons. The molecule has 0 spiro atoms. The Labute approximate surface area is 272 Å². The zero-order valence-corrected chi connectivity index (χ0v) is 28.1. The first kappa shape index (κ1) is 31.9. The van der Waals surface area contributed by atoms with Crippen LogP contribution in [0.2, 0.25) is 0 Å². The Morgan fingerprint density at radius 2 is 1.28 bits per heavy atom. The highest BCUT2D eigenvalue weighted by molar-refractivity contribution is 5.70. The lowest BCUT2D eigenvalue weighted by atomic mass is 9.83. The van der Waals surface area contributed by atoms with Gasteiger partial charge in [0.15, 0.2) is 0 Å². The van der Waals surface area contributed by atoms with Gasteiger partial charge < -0.3 is 19.4 Å². The maximum absolute atomic E-state index is 12.8. The van der Waals surface area contributed by atoms with Crippen molar-refractivity contribution in [3.8, 4) is 11.3 Å². The Bertz CT molecular complexity index is 1570. The average molecular weight is 629 g/mol. The quantitative estimate of drug-likeness (QED) is 0.294. The van der Waals surface area contributed by atoms with E-state index in [-0.39, 0.29) is 24.3 Å². The van der Waals surface area contributed by atoms with Crippen LogP contribution < -0.4 is 0 Å². The molecule has 3 aromatic rings. The van der Waals surface area contributed by atoms with E-state index in [1.165, 1.54) is 11.1 Å². The van der Waals surface area contributed by atoms with Crippen LogP contribution in [0.15, 0.2) is 42.7 Å². The van der Waals surface area contributed by atoms with E-state index in [4.69, 9.17) is 14.5 Å². The van der Waals surface area contributed by atoms with Crippen molar-refractivity contribution in [2.45, 2.75) is 116 Å².